The maximum absolute atomic E-state index is 10.00. The highest BCUT2D eigenvalue weighted by Gasteiger charge is 2.18. The largest absolute Gasteiger partial charge is 0.485 e. The van der Waals surface area contributed by atoms with Gasteiger partial charge in [0.2, 0.25) is 5.75 Å². The first-order chi connectivity index (χ1) is 12.3. The van der Waals surface area contributed by atoms with Crippen LogP contribution in [-0.4, -0.2) is 5.21 Å². The molecule has 0 saturated heterocycles. The Morgan fingerprint density at radius 1 is 0.800 bits per heavy atom. The van der Waals surface area contributed by atoms with Gasteiger partial charge in [0.1, 0.15) is 13.2 Å². The van der Waals surface area contributed by atoms with Crippen molar-refractivity contribution in [2.45, 2.75) is 19.8 Å². The van der Waals surface area contributed by atoms with E-state index in [1.165, 1.54) is 6.20 Å². The fourth-order valence-electron chi connectivity index (χ4n) is 2.39. The highest BCUT2D eigenvalue weighted by Crippen LogP contribution is 2.28. The van der Waals surface area contributed by atoms with Crippen molar-refractivity contribution >= 4 is 0 Å². The Hall–Kier alpha value is -3.05. The molecule has 128 valence electrons. The van der Waals surface area contributed by atoms with Gasteiger partial charge in [0.25, 0.3) is 11.9 Å². The number of benzene rings is 2. The van der Waals surface area contributed by atoms with Crippen LogP contribution in [0.4, 0.5) is 0 Å². The molecule has 25 heavy (non-hydrogen) atoms. The lowest BCUT2D eigenvalue weighted by Gasteiger charge is -2.12. The van der Waals surface area contributed by atoms with E-state index < -0.39 is 0 Å². The van der Waals surface area contributed by atoms with Crippen LogP contribution in [0, 0.1) is 0 Å². The van der Waals surface area contributed by atoms with Crippen LogP contribution >= 0.6 is 0 Å². The molecular weight excluding hydrogens is 316 g/mol. The lowest BCUT2D eigenvalue weighted by molar-refractivity contribution is -0.909. The average molecular weight is 337 g/mol. The molecule has 3 N–H and O–H groups in total. The van der Waals surface area contributed by atoms with E-state index >= 15 is 0 Å². The third-order valence-electron chi connectivity index (χ3n) is 3.76. The summed E-state index contributed by atoms with van der Waals surface area (Å²) in [6.07, 6.45) is 1.48. The molecule has 0 amide bonds. The van der Waals surface area contributed by atoms with E-state index in [9.17, 15) is 5.21 Å². The topological polar surface area (TPSA) is 68.6 Å². The molecule has 0 atom stereocenters. The minimum absolute atomic E-state index is 0.192. The molecule has 0 unspecified atom stereocenters. The molecule has 0 aliphatic rings. The van der Waals surface area contributed by atoms with Crippen molar-refractivity contribution in [3.05, 3.63) is 89.7 Å². The van der Waals surface area contributed by atoms with E-state index in [0.717, 1.165) is 15.9 Å². The van der Waals surface area contributed by atoms with Crippen molar-refractivity contribution in [2.75, 3.05) is 0 Å². The molecular formula is C20H21N2O3+. The van der Waals surface area contributed by atoms with Gasteiger partial charge in [-0.2, -0.15) is 0 Å². The Morgan fingerprint density at radius 3 is 1.84 bits per heavy atom. The highest BCUT2D eigenvalue weighted by molar-refractivity contribution is 5.37. The summed E-state index contributed by atoms with van der Waals surface area (Å²) >= 11 is 0. The third kappa shape index (κ3) is 4.49. The Morgan fingerprint density at radius 2 is 1.32 bits per heavy atom. The van der Waals surface area contributed by atoms with Crippen molar-refractivity contribution in [3.63, 3.8) is 0 Å². The molecule has 5 nitrogen and oxygen atoms in total. The van der Waals surface area contributed by atoms with E-state index in [-0.39, 0.29) is 6.54 Å². The van der Waals surface area contributed by atoms with Crippen molar-refractivity contribution in [2.24, 2.45) is 5.73 Å². The van der Waals surface area contributed by atoms with Crippen LogP contribution in [0.25, 0.3) is 0 Å². The van der Waals surface area contributed by atoms with Gasteiger partial charge >= 0.3 is 0 Å². The van der Waals surface area contributed by atoms with Crippen LogP contribution in [0.15, 0.2) is 72.9 Å². The van der Waals surface area contributed by atoms with Gasteiger partial charge in [-0.15, -0.1) is 0 Å². The number of ether oxygens (including phenoxy) is 2. The number of nitrogens with two attached hydrogens (primary N) is 1. The zero-order valence-electron chi connectivity index (χ0n) is 13.8. The van der Waals surface area contributed by atoms with Crippen LogP contribution in [-0.2, 0) is 19.8 Å². The predicted octanol–water partition coefficient (Wildman–Crippen LogP) is 2.83. The fraction of sp³-hybridized carbons (Fsp3) is 0.150. The van der Waals surface area contributed by atoms with E-state index in [0.29, 0.717) is 30.4 Å². The van der Waals surface area contributed by atoms with Gasteiger partial charge in [0.15, 0.2) is 5.75 Å². The van der Waals surface area contributed by atoms with Crippen molar-refractivity contribution in [3.8, 4) is 11.5 Å². The number of nitrogens with zero attached hydrogens (tertiary/aromatic N) is 1. The van der Waals surface area contributed by atoms with Crippen molar-refractivity contribution in [1.29, 1.82) is 0 Å². The minimum Gasteiger partial charge on any atom is -0.485 e. The summed E-state index contributed by atoms with van der Waals surface area (Å²) in [4.78, 5) is 0. The Kier molecular flexibility index (Phi) is 5.49. The molecule has 1 aromatic heterocycles. The average Bonchev–Trinajstić information content (AvgIpc) is 2.67. The van der Waals surface area contributed by atoms with Crippen LogP contribution < -0.4 is 19.9 Å². The second kappa shape index (κ2) is 8.17. The van der Waals surface area contributed by atoms with Gasteiger partial charge in [0.05, 0.1) is 12.6 Å². The summed E-state index contributed by atoms with van der Waals surface area (Å²) in [5.74, 6) is 1.00. The molecule has 0 bridgehead atoms. The van der Waals surface area contributed by atoms with Crippen LogP contribution in [0.1, 0.15) is 16.8 Å². The zero-order valence-corrected chi connectivity index (χ0v) is 13.8. The van der Waals surface area contributed by atoms with Crippen LogP contribution in [0.3, 0.4) is 0 Å². The summed E-state index contributed by atoms with van der Waals surface area (Å²) in [5, 5.41) is 10.00. The summed E-state index contributed by atoms with van der Waals surface area (Å²) in [5.41, 5.74) is 8.28. The molecule has 1 heterocycles. The molecule has 0 aliphatic carbocycles. The van der Waals surface area contributed by atoms with Crippen molar-refractivity contribution < 1.29 is 19.4 Å². The SMILES string of the molecule is NCc1cc(OCc2ccccc2)c(OCc2ccccc2)c[n+]1O. The second-order valence-corrected chi connectivity index (χ2v) is 5.59. The van der Waals surface area contributed by atoms with Gasteiger partial charge in [-0.25, -0.2) is 0 Å². The fourth-order valence-corrected chi connectivity index (χ4v) is 2.39. The van der Waals surface area contributed by atoms with E-state index in [1.807, 2.05) is 60.7 Å². The predicted molar refractivity (Wildman–Crippen MR) is 93.3 cm³/mol. The lowest BCUT2D eigenvalue weighted by Crippen LogP contribution is -2.36. The molecule has 3 aromatic rings. The van der Waals surface area contributed by atoms with Crippen molar-refractivity contribution in [1.82, 2.24) is 0 Å². The van der Waals surface area contributed by atoms with Crippen LogP contribution in [0.2, 0.25) is 0 Å². The monoisotopic (exact) mass is 337 g/mol. The smallest absolute Gasteiger partial charge is 0.268 e. The van der Waals surface area contributed by atoms with E-state index in [1.54, 1.807) is 6.07 Å². The number of hydrogen-bond acceptors (Lipinski definition) is 4. The third-order valence-corrected chi connectivity index (χ3v) is 3.76. The first kappa shape index (κ1) is 16.8. The Labute approximate surface area is 146 Å². The summed E-state index contributed by atoms with van der Waals surface area (Å²) < 4.78 is 12.7. The van der Waals surface area contributed by atoms with Gasteiger partial charge in [-0.3, -0.25) is 5.21 Å². The van der Waals surface area contributed by atoms with Gasteiger partial charge in [0, 0.05) is 4.73 Å². The first-order valence-electron chi connectivity index (χ1n) is 8.07. The van der Waals surface area contributed by atoms with Gasteiger partial charge < -0.3 is 15.2 Å². The first-order valence-corrected chi connectivity index (χ1v) is 8.07. The second-order valence-electron chi connectivity index (χ2n) is 5.59. The summed E-state index contributed by atoms with van der Waals surface area (Å²) in [7, 11) is 0. The normalized spacial score (nSPS) is 10.4. The maximum Gasteiger partial charge on any atom is 0.268 e. The molecule has 2 aromatic carbocycles. The standard InChI is InChI=1S/C20H21N2O3/c21-12-18-11-19(24-14-16-7-3-1-4-8-16)20(13-22(18)23)25-15-17-9-5-2-6-10-17/h1-11,13,23H,12,14-15,21H2/q+1. The zero-order chi connectivity index (χ0) is 17.5. The number of hydrogen-bond donors (Lipinski definition) is 2. The quantitative estimate of drug-likeness (QED) is 0.514. The summed E-state index contributed by atoms with van der Waals surface area (Å²) in [6, 6.07) is 21.4. The van der Waals surface area contributed by atoms with Gasteiger partial charge in [-0.05, 0) is 11.1 Å². The number of pyridine rings is 1. The molecule has 3 rings (SSSR count). The van der Waals surface area contributed by atoms with E-state index in [2.05, 4.69) is 0 Å². The lowest BCUT2D eigenvalue weighted by atomic mass is 10.2. The molecule has 0 radical (unpaired) electrons. The van der Waals surface area contributed by atoms with Gasteiger partial charge in [-0.1, -0.05) is 60.7 Å². The Bertz CT molecular complexity index is 808. The number of rotatable bonds is 7. The molecule has 0 saturated carbocycles. The maximum atomic E-state index is 10.00. The minimum atomic E-state index is 0.192. The molecule has 0 fully saturated rings. The molecule has 0 spiro atoms. The highest BCUT2D eigenvalue weighted by atomic mass is 16.5. The Balaban J connectivity index is 1.78. The molecule has 5 heteroatoms. The van der Waals surface area contributed by atoms with E-state index in [4.69, 9.17) is 15.2 Å². The summed E-state index contributed by atoms with van der Waals surface area (Å²) in [6.45, 7) is 0.976. The van der Waals surface area contributed by atoms with Crippen LogP contribution in [0.5, 0.6) is 11.5 Å². The number of aromatic nitrogens is 1. The molecule has 0 aliphatic heterocycles.